The predicted molar refractivity (Wildman–Crippen MR) is 129 cm³/mol. The van der Waals surface area contributed by atoms with Gasteiger partial charge in [-0.1, -0.05) is 6.07 Å². The normalized spacial score (nSPS) is 18.3. The molecule has 1 amide bonds. The number of nitrogens with one attached hydrogen (secondary N) is 1. The van der Waals surface area contributed by atoms with E-state index in [2.05, 4.69) is 47.2 Å². The number of amides is 1. The largest absolute Gasteiger partial charge is 0.372 e. The molecule has 1 aliphatic rings. The standard InChI is InChI=1S/C27H30FN3O2/c1-17-11-23(28)5-7-25(17)27(32)30-14-22-13-24(31-15-19(3)33-20(4)16-31)6-8-26(22)21-9-10-29-18(2)12-21/h5-13,19-20H,14-16H2,1-4H3,(H,30,32). The summed E-state index contributed by atoms with van der Waals surface area (Å²) >= 11 is 0. The van der Waals surface area contributed by atoms with Gasteiger partial charge in [-0.05, 0) is 92.4 Å². The number of benzene rings is 2. The summed E-state index contributed by atoms with van der Waals surface area (Å²) in [6, 6.07) is 14.6. The van der Waals surface area contributed by atoms with E-state index in [1.54, 1.807) is 13.1 Å². The van der Waals surface area contributed by atoms with Crippen LogP contribution in [0.2, 0.25) is 0 Å². The fourth-order valence-electron chi connectivity index (χ4n) is 4.46. The summed E-state index contributed by atoms with van der Waals surface area (Å²) in [5.41, 5.74) is 6.25. The molecular formula is C27H30FN3O2. The number of carbonyl (C=O) groups is 1. The molecule has 0 spiro atoms. The van der Waals surface area contributed by atoms with Crippen LogP contribution in [-0.2, 0) is 11.3 Å². The van der Waals surface area contributed by atoms with E-state index in [0.29, 0.717) is 17.7 Å². The Balaban J connectivity index is 1.64. The molecule has 6 heteroatoms. The molecule has 0 aliphatic carbocycles. The van der Waals surface area contributed by atoms with Crippen molar-refractivity contribution in [1.82, 2.24) is 10.3 Å². The Morgan fingerprint density at radius 1 is 1.09 bits per heavy atom. The van der Waals surface area contributed by atoms with Crippen LogP contribution in [0.15, 0.2) is 54.7 Å². The van der Waals surface area contributed by atoms with Crippen LogP contribution < -0.4 is 10.2 Å². The monoisotopic (exact) mass is 447 g/mol. The second-order valence-corrected chi connectivity index (χ2v) is 8.83. The first-order valence-electron chi connectivity index (χ1n) is 11.3. The summed E-state index contributed by atoms with van der Waals surface area (Å²) in [5.74, 6) is -0.565. The number of carbonyl (C=O) groups excluding carboxylic acids is 1. The number of ether oxygens (including phenoxy) is 1. The third-order valence-corrected chi connectivity index (χ3v) is 5.95. The number of halogens is 1. The lowest BCUT2D eigenvalue weighted by molar-refractivity contribution is -0.00522. The van der Waals surface area contributed by atoms with Crippen LogP contribution in [0.3, 0.4) is 0 Å². The zero-order chi connectivity index (χ0) is 23.5. The van der Waals surface area contributed by atoms with Gasteiger partial charge >= 0.3 is 0 Å². The van der Waals surface area contributed by atoms with Crippen molar-refractivity contribution in [2.45, 2.75) is 46.4 Å². The summed E-state index contributed by atoms with van der Waals surface area (Å²) in [6.07, 6.45) is 2.11. The number of anilines is 1. The molecule has 0 saturated carbocycles. The first-order chi connectivity index (χ1) is 15.8. The van der Waals surface area contributed by atoms with Gasteiger partial charge in [-0.2, -0.15) is 0 Å². The highest BCUT2D eigenvalue weighted by molar-refractivity contribution is 5.95. The average molecular weight is 448 g/mol. The van der Waals surface area contributed by atoms with Crippen molar-refractivity contribution >= 4 is 11.6 Å². The molecule has 1 aliphatic heterocycles. The summed E-state index contributed by atoms with van der Waals surface area (Å²) in [6.45, 7) is 9.87. The Labute approximate surface area is 194 Å². The van der Waals surface area contributed by atoms with Gasteiger partial charge in [0.05, 0.1) is 12.2 Å². The fourth-order valence-corrected chi connectivity index (χ4v) is 4.46. The van der Waals surface area contributed by atoms with E-state index in [-0.39, 0.29) is 23.9 Å². The van der Waals surface area contributed by atoms with E-state index in [9.17, 15) is 9.18 Å². The maximum atomic E-state index is 13.5. The number of hydrogen-bond donors (Lipinski definition) is 1. The third-order valence-electron chi connectivity index (χ3n) is 5.95. The van der Waals surface area contributed by atoms with Gasteiger partial charge in [0, 0.05) is 42.8 Å². The minimum atomic E-state index is -0.346. The molecule has 1 N–H and O–H groups in total. The maximum absolute atomic E-state index is 13.5. The van der Waals surface area contributed by atoms with Crippen LogP contribution in [-0.4, -0.2) is 36.2 Å². The van der Waals surface area contributed by atoms with E-state index in [1.165, 1.54) is 18.2 Å². The Bertz CT molecular complexity index is 1150. The zero-order valence-corrected chi connectivity index (χ0v) is 19.6. The smallest absolute Gasteiger partial charge is 0.251 e. The molecule has 1 saturated heterocycles. The third kappa shape index (κ3) is 5.40. The molecule has 5 nitrogen and oxygen atoms in total. The van der Waals surface area contributed by atoms with Gasteiger partial charge in [-0.15, -0.1) is 0 Å². The SMILES string of the molecule is Cc1cc(-c2ccc(N3CC(C)OC(C)C3)cc2CNC(=O)c2ccc(F)cc2C)ccn1. The van der Waals surface area contributed by atoms with Gasteiger partial charge in [0.1, 0.15) is 5.82 Å². The van der Waals surface area contributed by atoms with E-state index in [0.717, 1.165) is 41.2 Å². The Morgan fingerprint density at radius 3 is 2.55 bits per heavy atom. The van der Waals surface area contributed by atoms with Gasteiger partial charge in [0.2, 0.25) is 0 Å². The maximum Gasteiger partial charge on any atom is 0.251 e. The zero-order valence-electron chi connectivity index (χ0n) is 19.6. The lowest BCUT2D eigenvalue weighted by Crippen LogP contribution is -2.45. The average Bonchev–Trinajstić information content (AvgIpc) is 2.76. The van der Waals surface area contributed by atoms with Gasteiger partial charge in [0.15, 0.2) is 0 Å². The van der Waals surface area contributed by atoms with Crippen molar-refractivity contribution in [3.8, 4) is 11.1 Å². The molecular weight excluding hydrogens is 417 g/mol. The molecule has 0 radical (unpaired) electrons. The predicted octanol–water partition coefficient (Wildman–Crippen LogP) is 5.05. The van der Waals surface area contributed by atoms with Crippen LogP contribution in [0.4, 0.5) is 10.1 Å². The Hall–Kier alpha value is -3.25. The van der Waals surface area contributed by atoms with Crippen LogP contribution in [0.5, 0.6) is 0 Å². The van der Waals surface area contributed by atoms with E-state index in [4.69, 9.17) is 4.74 Å². The van der Waals surface area contributed by atoms with Gasteiger partial charge in [-0.25, -0.2) is 4.39 Å². The quantitative estimate of drug-likeness (QED) is 0.595. The molecule has 0 bridgehead atoms. The number of pyridine rings is 1. The first-order valence-corrected chi connectivity index (χ1v) is 11.3. The molecule has 2 aromatic carbocycles. The van der Waals surface area contributed by atoms with Gasteiger partial charge in [0.25, 0.3) is 5.91 Å². The molecule has 2 heterocycles. The molecule has 2 atom stereocenters. The van der Waals surface area contributed by atoms with Crippen LogP contribution >= 0.6 is 0 Å². The van der Waals surface area contributed by atoms with Gasteiger partial charge in [-0.3, -0.25) is 9.78 Å². The number of hydrogen-bond acceptors (Lipinski definition) is 4. The van der Waals surface area contributed by atoms with Crippen molar-refractivity contribution in [3.05, 3.63) is 82.9 Å². The van der Waals surface area contributed by atoms with Crippen molar-refractivity contribution in [2.75, 3.05) is 18.0 Å². The number of morpholine rings is 1. The van der Waals surface area contributed by atoms with E-state index in [1.807, 2.05) is 19.1 Å². The lowest BCUT2D eigenvalue weighted by atomic mass is 9.98. The second kappa shape index (κ2) is 9.71. The molecule has 2 unspecified atom stereocenters. The lowest BCUT2D eigenvalue weighted by Gasteiger charge is -2.37. The van der Waals surface area contributed by atoms with Crippen LogP contribution in [0, 0.1) is 19.7 Å². The fraction of sp³-hybridized carbons (Fsp3) is 0.333. The van der Waals surface area contributed by atoms with Crippen molar-refractivity contribution in [2.24, 2.45) is 0 Å². The van der Waals surface area contributed by atoms with Crippen molar-refractivity contribution in [1.29, 1.82) is 0 Å². The summed E-state index contributed by atoms with van der Waals surface area (Å²) in [5, 5.41) is 3.03. The number of nitrogens with zero attached hydrogens (tertiary/aromatic N) is 2. The summed E-state index contributed by atoms with van der Waals surface area (Å²) in [4.78, 5) is 19.5. The van der Waals surface area contributed by atoms with Crippen molar-refractivity contribution < 1.29 is 13.9 Å². The molecule has 1 fully saturated rings. The first kappa shape index (κ1) is 22.9. The highest BCUT2D eigenvalue weighted by Crippen LogP contribution is 2.30. The molecule has 172 valence electrons. The summed E-state index contributed by atoms with van der Waals surface area (Å²) < 4.78 is 19.4. The van der Waals surface area contributed by atoms with Crippen molar-refractivity contribution in [3.63, 3.8) is 0 Å². The molecule has 4 rings (SSSR count). The molecule has 3 aromatic rings. The molecule has 1 aromatic heterocycles. The van der Waals surface area contributed by atoms with Gasteiger partial charge < -0.3 is 15.0 Å². The minimum absolute atomic E-state index is 0.154. The Kier molecular flexibility index (Phi) is 6.75. The van der Waals surface area contributed by atoms with E-state index >= 15 is 0 Å². The summed E-state index contributed by atoms with van der Waals surface area (Å²) in [7, 11) is 0. The van der Waals surface area contributed by atoms with Crippen LogP contribution in [0.1, 0.15) is 41.0 Å². The minimum Gasteiger partial charge on any atom is -0.372 e. The molecule has 33 heavy (non-hydrogen) atoms. The van der Waals surface area contributed by atoms with E-state index < -0.39 is 0 Å². The van der Waals surface area contributed by atoms with Crippen LogP contribution in [0.25, 0.3) is 11.1 Å². The Morgan fingerprint density at radius 2 is 1.85 bits per heavy atom. The highest BCUT2D eigenvalue weighted by Gasteiger charge is 2.23. The number of aromatic nitrogens is 1. The number of rotatable bonds is 5. The highest BCUT2D eigenvalue weighted by atomic mass is 19.1. The topological polar surface area (TPSA) is 54.5 Å². The second-order valence-electron chi connectivity index (χ2n) is 8.83. The number of aryl methyl sites for hydroxylation is 2.